The molecule has 15 heavy (non-hydrogen) atoms. The summed E-state index contributed by atoms with van der Waals surface area (Å²) in [6.07, 6.45) is 11.6. The smallest absolute Gasteiger partial charge is 0.105 e. The monoisotopic (exact) mass is 210 g/mol. The molecule has 0 aliphatic carbocycles. The van der Waals surface area contributed by atoms with Crippen molar-refractivity contribution < 1.29 is 5.11 Å². The molecule has 0 aromatic carbocycles. The van der Waals surface area contributed by atoms with Crippen LogP contribution >= 0.6 is 0 Å². The molecular formula is C12H22N2O. The third-order valence-corrected chi connectivity index (χ3v) is 1.90. The predicted octanol–water partition coefficient (Wildman–Crippen LogP) is 1.32. The molecule has 0 aliphatic heterocycles. The van der Waals surface area contributed by atoms with Crippen molar-refractivity contribution in [2.24, 2.45) is 5.73 Å². The first-order chi connectivity index (χ1) is 7.31. The molecule has 0 rings (SSSR count). The zero-order chi connectivity index (χ0) is 11.4. The number of hydrogen-bond acceptors (Lipinski definition) is 3. The quantitative estimate of drug-likeness (QED) is 0.305. The van der Waals surface area contributed by atoms with Crippen LogP contribution in [0.5, 0.6) is 0 Å². The molecule has 4 N–H and O–H groups in total. The normalized spacial score (nSPS) is 13.7. The second kappa shape index (κ2) is 11.2. The number of nitrogens with two attached hydrogens (primary N) is 1. The zero-order valence-electron chi connectivity index (χ0n) is 9.23. The van der Waals surface area contributed by atoms with Gasteiger partial charge in [0.25, 0.3) is 0 Å². The van der Waals surface area contributed by atoms with Crippen LogP contribution in [-0.4, -0.2) is 24.4 Å². The van der Waals surface area contributed by atoms with Crippen LogP contribution in [-0.2, 0) is 0 Å². The molecule has 0 radical (unpaired) electrons. The van der Waals surface area contributed by atoms with Crippen molar-refractivity contribution >= 4 is 0 Å². The van der Waals surface area contributed by atoms with E-state index in [-0.39, 0.29) is 0 Å². The number of allylic oxidation sites excluding steroid dienone is 4. The Morgan fingerprint density at radius 1 is 1.27 bits per heavy atom. The van der Waals surface area contributed by atoms with E-state index in [1.165, 1.54) is 0 Å². The minimum atomic E-state index is -0.426. The highest BCUT2D eigenvalue weighted by Gasteiger charge is 1.99. The van der Waals surface area contributed by atoms with Crippen LogP contribution in [0.1, 0.15) is 19.3 Å². The fourth-order valence-corrected chi connectivity index (χ4v) is 1.08. The van der Waals surface area contributed by atoms with Gasteiger partial charge in [0.15, 0.2) is 0 Å². The van der Waals surface area contributed by atoms with Crippen molar-refractivity contribution in [3.63, 3.8) is 0 Å². The van der Waals surface area contributed by atoms with E-state index < -0.39 is 6.23 Å². The van der Waals surface area contributed by atoms with Crippen LogP contribution in [0.25, 0.3) is 0 Å². The molecule has 0 aromatic rings. The number of hydrogen-bond donors (Lipinski definition) is 3. The maximum Gasteiger partial charge on any atom is 0.105 e. The standard InChI is InChI=1S/C12H22N2O/c1-2-3-4-5-8-11-14-12(15)9-6-7-10-13/h2-5,8,12,14-15H,1,6-7,9-11,13H2/b4-3-,8-5-. The number of aliphatic hydroxyl groups excluding tert-OH is 1. The molecule has 0 heterocycles. The van der Waals surface area contributed by atoms with Crippen LogP contribution < -0.4 is 11.1 Å². The Bertz CT molecular complexity index is 200. The molecule has 0 saturated heterocycles. The summed E-state index contributed by atoms with van der Waals surface area (Å²) in [6.45, 7) is 4.93. The van der Waals surface area contributed by atoms with Gasteiger partial charge in [0, 0.05) is 6.54 Å². The van der Waals surface area contributed by atoms with Gasteiger partial charge in [0.05, 0.1) is 0 Å². The highest BCUT2D eigenvalue weighted by atomic mass is 16.3. The first-order valence-electron chi connectivity index (χ1n) is 5.37. The van der Waals surface area contributed by atoms with E-state index >= 15 is 0 Å². The molecule has 3 nitrogen and oxygen atoms in total. The van der Waals surface area contributed by atoms with Crippen molar-refractivity contribution in [2.45, 2.75) is 25.5 Å². The Hall–Kier alpha value is -0.900. The van der Waals surface area contributed by atoms with Crippen molar-refractivity contribution in [3.8, 4) is 0 Å². The first-order valence-corrected chi connectivity index (χ1v) is 5.37. The van der Waals surface area contributed by atoms with Crippen molar-refractivity contribution in [3.05, 3.63) is 37.0 Å². The molecule has 1 atom stereocenters. The number of aliphatic hydroxyl groups is 1. The van der Waals surface area contributed by atoms with Gasteiger partial charge in [0.2, 0.25) is 0 Å². The van der Waals surface area contributed by atoms with Gasteiger partial charge in [-0.05, 0) is 25.8 Å². The average Bonchev–Trinajstić information content (AvgIpc) is 2.23. The fourth-order valence-electron chi connectivity index (χ4n) is 1.08. The predicted molar refractivity (Wildman–Crippen MR) is 65.4 cm³/mol. The van der Waals surface area contributed by atoms with E-state index in [1.807, 2.05) is 24.3 Å². The van der Waals surface area contributed by atoms with Crippen LogP contribution in [0.4, 0.5) is 0 Å². The molecule has 0 aromatic heterocycles. The molecule has 0 bridgehead atoms. The number of nitrogens with one attached hydrogen (secondary N) is 1. The Balaban J connectivity index is 3.37. The van der Waals surface area contributed by atoms with Gasteiger partial charge < -0.3 is 10.8 Å². The maximum absolute atomic E-state index is 9.46. The van der Waals surface area contributed by atoms with Gasteiger partial charge in [-0.1, -0.05) is 37.0 Å². The molecule has 0 fully saturated rings. The van der Waals surface area contributed by atoms with E-state index in [9.17, 15) is 5.11 Å². The van der Waals surface area contributed by atoms with Crippen molar-refractivity contribution in [2.75, 3.05) is 13.1 Å². The van der Waals surface area contributed by atoms with E-state index in [0.717, 1.165) is 19.3 Å². The second-order valence-electron chi connectivity index (χ2n) is 3.26. The Morgan fingerprint density at radius 2 is 2.07 bits per heavy atom. The molecule has 0 saturated carbocycles. The SMILES string of the molecule is C=C/C=C\C=C/CNC(O)CCCCN. The summed E-state index contributed by atoms with van der Waals surface area (Å²) >= 11 is 0. The summed E-state index contributed by atoms with van der Waals surface area (Å²) in [4.78, 5) is 0. The molecule has 1 unspecified atom stereocenters. The second-order valence-corrected chi connectivity index (χ2v) is 3.26. The summed E-state index contributed by atoms with van der Waals surface area (Å²) in [6, 6.07) is 0. The van der Waals surface area contributed by atoms with Gasteiger partial charge in [-0.15, -0.1) is 0 Å². The lowest BCUT2D eigenvalue weighted by atomic mass is 10.2. The van der Waals surface area contributed by atoms with Gasteiger partial charge in [-0.25, -0.2) is 0 Å². The van der Waals surface area contributed by atoms with Crippen molar-refractivity contribution in [1.82, 2.24) is 5.32 Å². The third kappa shape index (κ3) is 11.0. The summed E-state index contributed by atoms with van der Waals surface area (Å²) in [5.41, 5.74) is 5.35. The summed E-state index contributed by atoms with van der Waals surface area (Å²) in [5.74, 6) is 0. The lowest BCUT2D eigenvalue weighted by Crippen LogP contribution is -2.28. The maximum atomic E-state index is 9.46. The number of unbranched alkanes of at least 4 members (excludes halogenated alkanes) is 1. The molecule has 0 spiro atoms. The summed E-state index contributed by atoms with van der Waals surface area (Å²) in [5, 5.41) is 12.4. The first kappa shape index (κ1) is 14.1. The highest BCUT2D eigenvalue weighted by Crippen LogP contribution is 1.96. The highest BCUT2D eigenvalue weighted by molar-refractivity contribution is 5.09. The van der Waals surface area contributed by atoms with Crippen LogP contribution in [0.2, 0.25) is 0 Å². The molecule has 3 heteroatoms. The number of rotatable bonds is 9. The molecule has 0 amide bonds. The Kier molecular flexibility index (Phi) is 10.5. The Labute approximate surface area is 92.4 Å². The van der Waals surface area contributed by atoms with Crippen LogP contribution in [0, 0.1) is 0 Å². The van der Waals surface area contributed by atoms with Gasteiger partial charge in [0.1, 0.15) is 6.23 Å². The summed E-state index contributed by atoms with van der Waals surface area (Å²) < 4.78 is 0. The fraction of sp³-hybridized carbons (Fsp3) is 0.500. The minimum Gasteiger partial charge on any atom is -0.379 e. The Morgan fingerprint density at radius 3 is 2.73 bits per heavy atom. The van der Waals surface area contributed by atoms with E-state index in [0.29, 0.717) is 13.1 Å². The van der Waals surface area contributed by atoms with Gasteiger partial charge in [-0.2, -0.15) is 0 Å². The zero-order valence-corrected chi connectivity index (χ0v) is 9.23. The van der Waals surface area contributed by atoms with E-state index in [2.05, 4.69) is 11.9 Å². The van der Waals surface area contributed by atoms with E-state index in [1.54, 1.807) is 6.08 Å². The van der Waals surface area contributed by atoms with Crippen molar-refractivity contribution in [1.29, 1.82) is 0 Å². The average molecular weight is 210 g/mol. The lowest BCUT2D eigenvalue weighted by molar-refractivity contribution is 0.129. The minimum absolute atomic E-state index is 0.426. The van der Waals surface area contributed by atoms with Crippen LogP contribution in [0.3, 0.4) is 0 Å². The van der Waals surface area contributed by atoms with E-state index in [4.69, 9.17) is 5.73 Å². The topological polar surface area (TPSA) is 58.3 Å². The van der Waals surface area contributed by atoms with Gasteiger partial charge in [-0.3, -0.25) is 5.32 Å². The lowest BCUT2D eigenvalue weighted by Gasteiger charge is -2.10. The largest absolute Gasteiger partial charge is 0.379 e. The van der Waals surface area contributed by atoms with Gasteiger partial charge >= 0.3 is 0 Å². The third-order valence-electron chi connectivity index (χ3n) is 1.90. The molecule has 86 valence electrons. The molecular weight excluding hydrogens is 188 g/mol. The molecule has 0 aliphatic rings. The van der Waals surface area contributed by atoms with Crippen LogP contribution in [0.15, 0.2) is 37.0 Å². The summed E-state index contributed by atoms with van der Waals surface area (Å²) in [7, 11) is 0.